The summed E-state index contributed by atoms with van der Waals surface area (Å²) in [4.78, 5) is 53.1. The normalized spacial score (nSPS) is 25.8. The minimum Gasteiger partial charge on any atom is -0.317 e. The Labute approximate surface area is 154 Å². The Balaban J connectivity index is 2.32. The Morgan fingerprint density at radius 1 is 1.19 bits per heavy atom. The molecule has 2 aliphatic rings. The Morgan fingerprint density at radius 3 is 2.35 bits per heavy atom. The summed E-state index contributed by atoms with van der Waals surface area (Å²) in [5, 5.41) is 3.19. The molecule has 0 spiro atoms. The molecule has 0 radical (unpaired) electrons. The van der Waals surface area contributed by atoms with Crippen LogP contribution in [0.3, 0.4) is 0 Å². The number of imide groups is 2. The zero-order chi connectivity index (χ0) is 19.5. The number of carbonyl (C=O) groups is 4. The fourth-order valence-corrected chi connectivity index (χ4v) is 3.84. The van der Waals surface area contributed by atoms with Gasteiger partial charge in [-0.15, -0.1) is 0 Å². The quantitative estimate of drug-likeness (QED) is 0.574. The molecule has 7 heteroatoms. The highest BCUT2D eigenvalue weighted by Gasteiger charge is 2.55. The molecule has 0 bridgehead atoms. The maximum atomic E-state index is 13.2. The van der Waals surface area contributed by atoms with Crippen LogP contribution in [0, 0.1) is 11.3 Å². The lowest BCUT2D eigenvalue weighted by atomic mass is 9.76. The van der Waals surface area contributed by atoms with Crippen molar-refractivity contribution < 1.29 is 19.2 Å². The van der Waals surface area contributed by atoms with E-state index < -0.39 is 23.3 Å². The molecule has 4 amide bonds. The first-order valence-electron chi connectivity index (χ1n) is 9.35. The Morgan fingerprint density at radius 2 is 1.81 bits per heavy atom. The van der Waals surface area contributed by atoms with Gasteiger partial charge in [0.05, 0.1) is 6.54 Å². The van der Waals surface area contributed by atoms with Crippen LogP contribution in [0.25, 0.3) is 0 Å². The average molecular weight is 363 g/mol. The fraction of sp³-hybridized carbons (Fsp3) is 0.684. The monoisotopic (exact) mass is 363 g/mol. The molecule has 0 aromatic heterocycles. The fourth-order valence-electron chi connectivity index (χ4n) is 3.84. The standard InChI is InChI=1S/C19H29N3O4/c1-5-7-14(6-2)19(3)16(24)21(4)18(26)22(17(19)25)12-15(23)13-8-10-20-11-9-13/h7,13,20H,5-6,8-12H2,1-4H3/b14-7+. The molecular weight excluding hydrogens is 334 g/mol. The number of hydrogen-bond donors (Lipinski definition) is 1. The van der Waals surface area contributed by atoms with Gasteiger partial charge < -0.3 is 5.32 Å². The summed E-state index contributed by atoms with van der Waals surface area (Å²) in [7, 11) is 1.37. The van der Waals surface area contributed by atoms with E-state index in [-0.39, 0.29) is 18.2 Å². The third kappa shape index (κ3) is 3.45. The van der Waals surface area contributed by atoms with E-state index in [1.165, 1.54) is 7.05 Å². The van der Waals surface area contributed by atoms with Gasteiger partial charge in [0.2, 0.25) is 5.91 Å². The van der Waals surface area contributed by atoms with Crippen LogP contribution >= 0.6 is 0 Å². The van der Waals surface area contributed by atoms with Crippen molar-refractivity contribution in [2.45, 2.75) is 46.5 Å². The summed E-state index contributed by atoms with van der Waals surface area (Å²) < 4.78 is 0. The molecule has 1 unspecified atom stereocenters. The highest BCUT2D eigenvalue weighted by atomic mass is 16.2. The first-order chi connectivity index (χ1) is 12.3. The van der Waals surface area contributed by atoms with Crippen molar-refractivity contribution in [1.29, 1.82) is 0 Å². The van der Waals surface area contributed by atoms with Gasteiger partial charge in [-0.2, -0.15) is 0 Å². The molecule has 7 nitrogen and oxygen atoms in total. The predicted octanol–water partition coefficient (Wildman–Crippen LogP) is 1.73. The second-order valence-corrected chi connectivity index (χ2v) is 7.14. The third-order valence-corrected chi connectivity index (χ3v) is 5.51. The Bertz CT molecular complexity index is 637. The molecular formula is C19H29N3O4. The lowest BCUT2D eigenvalue weighted by Gasteiger charge is -2.42. The molecule has 2 rings (SSSR count). The number of nitrogens with zero attached hydrogens (tertiary/aromatic N) is 2. The summed E-state index contributed by atoms with van der Waals surface area (Å²) in [6, 6.07) is -0.716. The number of allylic oxidation sites excluding steroid dienone is 1. The van der Waals surface area contributed by atoms with Crippen molar-refractivity contribution >= 4 is 23.6 Å². The van der Waals surface area contributed by atoms with Crippen LogP contribution in [0.5, 0.6) is 0 Å². The molecule has 2 heterocycles. The van der Waals surface area contributed by atoms with E-state index in [9.17, 15) is 19.2 Å². The first kappa shape index (κ1) is 20.3. The number of rotatable bonds is 6. The largest absolute Gasteiger partial charge is 0.333 e. The molecule has 0 aromatic rings. The third-order valence-electron chi connectivity index (χ3n) is 5.51. The van der Waals surface area contributed by atoms with Gasteiger partial charge >= 0.3 is 6.03 Å². The molecule has 1 atom stereocenters. The van der Waals surface area contributed by atoms with Gasteiger partial charge in [-0.3, -0.25) is 24.2 Å². The number of amides is 4. The van der Waals surface area contributed by atoms with Gasteiger partial charge in [-0.25, -0.2) is 4.79 Å². The highest BCUT2D eigenvalue weighted by molar-refractivity contribution is 6.21. The molecule has 1 N–H and O–H groups in total. The van der Waals surface area contributed by atoms with Crippen molar-refractivity contribution in [2.24, 2.45) is 11.3 Å². The van der Waals surface area contributed by atoms with E-state index in [2.05, 4.69) is 5.32 Å². The highest BCUT2D eigenvalue weighted by Crippen LogP contribution is 2.37. The van der Waals surface area contributed by atoms with Crippen molar-refractivity contribution in [3.05, 3.63) is 11.6 Å². The van der Waals surface area contributed by atoms with Gasteiger partial charge in [-0.1, -0.05) is 19.9 Å². The number of piperidine rings is 1. The van der Waals surface area contributed by atoms with E-state index in [0.717, 1.165) is 22.9 Å². The minimum absolute atomic E-state index is 0.115. The summed E-state index contributed by atoms with van der Waals surface area (Å²) in [5.74, 6) is -1.38. The Kier molecular flexibility index (Phi) is 6.34. The number of ketones is 1. The van der Waals surface area contributed by atoms with Gasteiger partial charge in [0.25, 0.3) is 5.91 Å². The van der Waals surface area contributed by atoms with Gasteiger partial charge in [0, 0.05) is 13.0 Å². The van der Waals surface area contributed by atoms with E-state index in [1.54, 1.807) is 6.92 Å². The van der Waals surface area contributed by atoms with Crippen LogP contribution < -0.4 is 5.32 Å². The SMILES string of the molecule is CC/C=C(\CC)C1(C)C(=O)N(C)C(=O)N(CC(=O)C2CCNCC2)C1=O. The topological polar surface area (TPSA) is 86.8 Å². The number of barbiturate groups is 1. The predicted molar refractivity (Wildman–Crippen MR) is 97.3 cm³/mol. The molecule has 26 heavy (non-hydrogen) atoms. The first-order valence-corrected chi connectivity index (χ1v) is 9.35. The van der Waals surface area contributed by atoms with Gasteiger partial charge in [0.1, 0.15) is 5.41 Å². The molecule has 0 aliphatic carbocycles. The molecule has 2 fully saturated rings. The maximum absolute atomic E-state index is 13.2. The van der Waals surface area contributed by atoms with Gasteiger partial charge in [-0.05, 0) is 51.3 Å². The number of hydrogen-bond acceptors (Lipinski definition) is 5. The van der Waals surface area contributed by atoms with Crippen molar-refractivity contribution in [1.82, 2.24) is 15.1 Å². The van der Waals surface area contributed by atoms with E-state index >= 15 is 0 Å². The second kappa shape index (κ2) is 8.12. The zero-order valence-electron chi connectivity index (χ0n) is 16.1. The zero-order valence-corrected chi connectivity index (χ0v) is 16.1. The van der Waals surface area contributed by atoms with Crippen LogP contribution in [-0.2, 0) is 14.4 Å². The average Bonchev–Trinajstić information content (AvgIpc) is 2.66. The van der Waals surface area contributed by atoms with Crippen LogP contribution in [-0.4, -0.2) is 60.1 Å². The van der Waals surface area contributed by atoms with E-state index in [0.29, 0.717) is 31.3 Å². The second-order valence-electron chi connectivity index (χ2n) is 7.14. The van der Waals surface area contributed by atoms with E-state index in [1.807, 2.05) is 19.9 Å². The smallest absolute Gasteiger partial charge is 0.317 e. The molecule has 2 saturated heterocycles. The molecule has 144 valence electrons. The summed E-state index contributed by atoms with van der Waals surface area (Å²) in [6.45, 7) is 6.63. The lowest BCUT2D eigenvalue weighted by Crippen LogP contribution is -2.64. The molecule has 0 saturated carbocycles. The number of carbonyl (C=O) groups excluding carboxylic acids is 4. The van der Waals surface area contributed by atoms with Crippen LogP contribution in [0.4, 0.5) is 4.79 Å². The summed E-state index contributed by atoms with van der Waals surface area (Å²) in [5.41, 5.74) is -0.740. The van der Waals surface area contributed by atoms with Gasteiger partial charge in [0.15, 0.2) is 5.78 Å². The summed E-state index contributed by atoms with van der Waals surface area (Å²) >= 11 is 0. The number of nitrogens with one attached hydrogen (secondary N) is 1. The van der Waals surface area contributed by atoms with Crippen molar-refractivity contribution in [3.63, 3.8) is 0 Å². The van der Waals surface area contributed by atoms with Crippen LogP contribution in [0.15, 0.2) is 11.6 Å². The van der Waals surface area contributed by atoms with E-state index in [4.69, 9.17) is 0 Å². The van der Waals surface area contributed by atoms with Crippen LogP contribution in [0.2, 0.25) is 0 Å². The minimum atomic E-state index is -1.43. The maximum Gasteiger partial charge on any atom is 0.333 e. The molecule has 2 aliphatic heterocycles. The van der Waals surface area contributed by atoms with Crippen molar-refractivity contribution in [3.8, 4) is 0 Å². The number of urea groups is 1. The van der Waals surface area contributed by atoms with Crippen molar-refractivity contribution in [2.75, 3.05) is 26.7 Å². The lowest BCUT2D eigenvalue weighted by molar-refractivity contribution is -0.155. The van der Waals surface area contributed by atoms with Crippen LogP contribution in [0.1, 0.15) is 46.5 Å². The Hall–Kier alpha value is -2.02. The molecule has 0 aromatic carbocycles. The summed E-state index contributed by atoms with van der Waals surface area (Å²) in [6.07, 6.45) is 4.49. The number of Topliss-reactive ketones (excluding diaryl/α,β-unsaturated/α-hetero) is 1.